The van der Waals surface area contributed by atoms with Crippen LogP contribution in [0.15, 0.2) is 52.3 Å². The van der Waals surface area contributed by atoms with Crippen LogP contribution in [0.1, 0.15) is 23.6 Å². The first kappa shape index (κ1) is 15.3. The highest BCUT2D eigenvalue weighted by Crippen LogP contribution is 2.37. The largest absolute Gasteiger partial charge is 0.306 e. The topological polar surface area (TPSA) is 12.0 Å². The predicted molar refractivity (Wildman–Crippen MR) is 94.6 cm³/mol. The molecule has 2 aromatic rings. The maximum Gasteiger partial charge on any atom is 0.0410 e. The van der Waals surface area contributed by atoms with Crippen molar-refractivity contribution in [1.29, 1.82) is 0 Å². The normalized spacial score (nSPS) is 17.5. The molecule has 110 valence electrons. The SMILES string of the molecule is CSc1ccc(CNC2CCSc3ccc(Cl)cc32)cc1. The Morgan fingerprint density at radius 1 is 1.24 bits per heavy atom. The zero-order chi connectivity index (χ0) is 14.7. The zero-order valence-corrected chi connectivity index (χ0v) is 14.3. The minimum Gasteiger partial charge on any atom is -0.306 e. The summed E-state index contributed by atoms with van der Waals surface area (Å²) in [6.07, 6.45) is 3.26. The number of thioether (sulfide) groups is 2. The van der Waals surface area contributed by atoms with E-state index in [2.05, 4.69) is 48.0 Å². The van der Waals surface area contributed by atoms with Gasteiger partial charge in [-0.2, -0.15) is 0 Å². The van der Waals surface area contributed by atoms with E-state index in [0.717, 1.165) is 23.7 Å². The molecule has 0 radical (unpaired) electrons. The summed E-state index contributed by atoms with van der Waals surface area (Å²) in [7, 11) is 0. The van der Waals surface area contributed by atoms with Crippen LogP contribution < -0.4 is 5.32 Å². The first-order valence-corrected chi connectivity index (χ1v) is 9.63. The minimum absolute atomic E-state index is 0.403. The summed E-state index contributed by atoms with van der Waals surface area (Å²) < 4.78 is 0. The lowest BCUT2D eigenvalue weighted by Crippen LogP contribution is -2.24. The summed E-state index contributed by atoms with van der Waals surface area (Å²) >= 11 is 9.86. The molecule has 4 heteroatoms. The van der Waals surface area contributed by atoms with Gasteiger partial charge < -0.3 is 5.32 Å². The summed E-state index contributed by atoms with van der Waals surface area (Å²) in [5, 5.41) is 4.51. The number of fused-ring (bicyclic) bond motifs is 1. The van der Waals surface area contributed by atoms with Gasteiger partial charge in [-0.3, -0.25) is 0 Å². The van der Waals surface area contributed by atoms with Crippen LogP contribution in [-0.4, -0.2) is 12.0 Å². The molecule has 2 aromatic carbocycles. The third-order valence-electron chi connectivity index (χ3n) is 3.72. The van der Waals surface area contributed by atoms with Crippen LogP contribution in [0, 0.1) is 0 Å². The number of benzene rings is 2. The Hall–Kier alpha value is -0.610. The zero-order valence-electron chi connectivity index (χ0n) is 11.9. The quantitative estimate of drug-likeness (QED) is 0.752. The molecule has 0 bridgehead atoms. The summed E-state index contributed by atoms with van der Waals surface area (Å²) in [4.78, 5) is 2.67. The highest BCUT2D eigenvalue weighted by Gasteiger charge is 2.20. The van der Waals surface area contributed by atoms with Crippen LogP contribution in [0.2, 0.25) is 5.02 Å². The van der Waals surface area contributed by atoms with Crippen LogP contribution >= 0.6 is 35.1 Å². The van der Waals surface area contributed by atoms with Crippen molar-refractivity contribution in [3.8, 4) is 0 Å². The molecule has 1 aliphatic rings. The lowest BCUT2D eigenvalue weighted by molar-refractivity contribution is 0.510. The molecule has 1 unspecified atom stereocenters. The molecule has 3 rings (SSSR count). The minimum atomic E-state index is 0.403. The Kier molecular flexibility index (Phi) is 5.17. The predicted octanol–water partition coefficient (Wildman–Crippen LogP) is 5.39. The number of hydrogen-bond acceptors (Lipinski definition) is 3. The Balaban J connectivity index is 1.70. The molecule has 0 aromatic heterocycles. The fourth-order valence-corrected chi connectivity index (χ4v) is 4.26. The number of hydrogen-bond donors (Lipinski definition) is 1. The first-order chi connectivity index (χ1) is 10.3. The summed E-state index contributed by atoms with van der Waals surface area (Å²) in [5.74, 6) is 1.16. The monoisotopic (exact) mass is 335 g/mol. The van der Waals surface area contributed by atoms with E-state index in [1.54, 1.807) is 11.8 Å². The standard InChI is InChI=1S/C17H18ClNS2/c1-20-14-5-2-12(3-6-14)11-19-16-8-9-21-17-7-4-13(18)10-15(16)17/h2-7,10,16,19H,8-9,11H2,1H3. The molecule has 1 atom stereocenters. The smallest absolute Gasteiger partial charge is 0.0410 e. The average Bonchev–Trinajstić information content (AvgIpc) is 2.53. The van der Waals surface area contributed by atoms with Gasteiger partial charge in [0.05, 0.1) is 0 Å². The lowest BCUT2D eigenvalue weighted by atomic mass is 10.0. The molecule has 0 fully saturated rings. The Morgan fingerprint density at radius 2 is 2.05 bits per heavy atom. The van der Waals surface area contributed by atoms with Gasteiger partial charge in [0.1, 0.15) is 0 Å². The van der Waals surface area contributed by atoms with Gasteiger partial charge in [0.2, 0.25) is 0 Å². The average molecular weight is 336 g/mol. The van der Waals surface area contributed by atoms with Crippen molar-refractivity contribution < 1.29 is 0 Å². The van der Waals surface area contributed by atoms with Gasteiger partial charge in [-0.15, -0.1) is 23.5 Å². The van der Waals surface area contributed by atoms with E-state index in [4.69, 9.17) is 11.6 Å². The maximum absolute atomic E-state index is 6.15. The van der Waals surface area contributed by atoms with E-state index in [1.165, 1.54) is 20.9 Å². The summed E-state index contributed by atoms with van der Waals surface area (Å²) in [6.45, 7) is 0.899. The molecule has 1 nitrogen and oxygen atoms in total. The van der Waals surface area contributed by atoms with E-state index < -0.39 is 0 Å². The van der Waals surface area contributed by atoms with E-state index in [9.17, 15) is 0 Å². The van der Waals surface area contributed by atoms with Gasteiger partial charge in [-0.05, 0) is 59.9 Å². The fourth-order valence-electron chi connectivity index (χ4n) is 2.56. The molecular weight excluding hydrogens is 318 g/mol. The highest BCUT2D eigenvalue weighted by atomic mass is 35.5. The molecule has 0 saturated carbocycles. The maximum atomic E-state index is 6.15. The molecule has 1 heterocycles. The van der Waals surface area contributed by atoms with E-state index in [-0.39, 0.29) is 0 Å². The second-order valence-corrected chi connectivity index (χ2v) is 7.55. The van der Waals surface area contributed by atoms with Crippen LogP contribution in [-0.2, 0) is 6.54 Å². The second kappa shape index (κ2) is 7.10. The van der Waals surface area contributed by atoms with Gasteiger partial charge in [0.25, 0.3) is 0 Å². The van der Waals surface area contributed by atoms with Gasteiger partial charge in [0.15, 0.2) is 0 Å². The van der Waals surface area contributed by atoms with Crippen molar-refractivity contribution in [2.45, 2.75) is 28.8 Å². The number of halogens is 1. The van der Waals surface area contributed by atoms with Crippen molar-refractivity contribution >= 4 is 35.1 Å². The first-order valence-electron chi connectivity index (χ1n) is 7.05. The Morgan fingerprint density at radius 3 is 2.81 bits per heavy atom. The lowest BCUT2D eigenvalue weighted by Gasteiger charge is -2.26. The summed E-state index contributed by atoms with van der Waals surface area (Å²) in [6, 6.07) is 15.4. The Bertz CT molecular complexity index is 613. The van der Waals surface area contributed by atoms with Crippen molar-refractivity contribution in [2.24, 2.45) is 0 Å². The fraction of sp³-hybridized carbons (Fsp3) is 0.294. The van der Waals surface area contributed by atoms with Gasteiger partial charge in [-0.25, -0.2) is 0 Å². The van der Waals surface area contributed by atoms with Gasteiger partial charge in [0, 0.05) is 27.4 Å². The molecule has 0 amide bonds. The number of rotatable bonds is 4. The molecule has 1 aliphatic heterocycles. The van der Waals surface area contributed by atoms with E-state index >= 15 is 0 Å². The molecule has 0 saturated heterocycles. The number of nitrogens with one attached hydrogen (secondary N) is 1. The molecular formula is C17H18ClNS2. The van der Waals surface area contributed by atoms with Gasteiger partial charge in [-0.1, -0.05) is 23.7 Å². The van der Waals surface area contributed by atoms with Crippen LogP contribution in [0.3, 0.4) is 0 Å². The molecule has 0 spiro atoms. The van der Waals surface area contributed by atoms with E-state index in [1.807, 2.05) is 17.8 Å². The van der Waals surface area contributed by atoms with Gasteiger partial charge >= 0.3 is 0 Å². The van der Waals surface area contributed by atoms with Crippen LogP contribution in [0.4, 0.5) is 0 Å². The third-order valence-corrected chi connectivity index (χ3v) is 5.82. The third kappa shape index (κ3) is 3.78. The summed E-state index contributed by atoms with van der Waals surface area (Å²) in [5.41, 5.74) is 2.68. The van der Waals surface area contributed by atoms with Crippen LogP contribution in [0.5, 0.6) is 0 Å². The Labute approximate surface area is 139 Å². The van der Waals surface area contributed by atoms with E-state index in [0.29, 0.717) is 6.04 Å². The van der Waals surface area contributed by atoms with Crippen LogP contribution in [0.25, 0.3) is 0 Å². The van der Waals surface area contributed by atoms with Crippen molar-refractivity contribution in [3.05, 3.63) is 58.6 Å². The van der Waals surface area contributed by atoms with Crippen molar-refractivity contribution in [3.63, 3.8) is 0 Å². The molecule has 0 aliphatic carbocycles. The molecule has 21 heavy (non-hydrogen) atoms. The van der Waals surface area contributed by atoms with Crippen molar-refractivity contribution in [2.75, 3.05) is 12.0 Å². The molecule has 1 N–H and O–H groups in total. The van der Waals surface area contributed by atoms with Crippen molar-refractivity contribution in [1.82, 2.24) is 5.32 Å². The highest BCUT2D eigenvalue weighted by molar-refractivity contribution is 7.99. The second-order valence-electron chi connectivity index (χ2n) is 5.10.